The second kappa shape index (κ2) is 5.26. The summed E-state index contributed by atoms with van der Waals surface area (Å²) in [6.07, 6.45) is 2.27. The predicted molar refractivity (Wildman–Crippen MR) is 89.7 cm³/mol. The summed E-state index contributed by atoms with van der Waals surface area (Å²) >= 11 is 0. The number of amides is 1. The molecule has 3 heterocycles. The van der Waals surface area contributed by atoms with E-state index in [1.165, 1.54) is 0 Å². The van der Waals surface area contributed by atoms with Gasteiger partial charge in [0.1, 0.15) is 19.0 Å². The van der Waals surface area contributed by atoms with Crippen LogP contribution in [0.2, 0.25) is 0 Å². The SMILES string of the molecule is CC(C)(C)n1ncc2c1NC(=O)C[C@H]2c1ccc2c(c1)OCCO2. The van der Waals surface area contributed by atoms with Gasteiger partial charge in [0.2, 0.25) is 5.91 Å². The molecular weight excluding hydrogens is 306 g/mol. The van der Waals surface area contributed by atoms with Crippen molar-refractivity contribution in [1.82, 2.24) is 9.78 Å². The molecule has 1 N–H and O–H groups in total. The minimum Gasteiger partial charge on any atom is -0.486 e. The average molecular weight is 327 g/mol. The lowest BCUT2D eigenvalue weighted by molar-refractivity contribution is -0.116. The molecule has 1 amide bonds. The van der Waals surface area contributed by atoms with Crippen LogP contribution in [0.25, 0.3) is 0 Å². The molecule has 24 heavy (non-hydrogen) atoms. The number of nitrogens with one attached hydrogen (secondary N) is 1. The van der Waals surface area contributed by atoms with Gasteiger partial charge in [-0.3, -0.25) is 4.79 Å². The van der Waals surface area contributed by atoms with Crippen LogP contribution in [-0.4, -0.2) is 28.9 Å². The summed E-state index contributed by atoms with van der Waals surface area (Å²) in [6.45, 7) is 7.33. The highest BCUT2D eigenvalue weighted by Crippen LogP contribution is 2.41. The molecule has 0 radical (unpaired) electrons. The third kappa shape index (κ3) is 2.42. The zero-order chi connectivity index (χ0) is 16.9. The van der Waals surface area contributed by atoms with E-state index in [0.717, 1.165) is 28.4 Å². The molecular formula is C18H21N3O3. The van der Waals surface area contributed by atoms with Gasteiger partial charge in [-0.05, 0) is 38.5 Å². The highest BCUT2D eigenvalue weighted by atomic mass is 16.6. The van der Waals surface area contributed by atoms with Gasteiger partial charge in [-0.15, -0.1) is 0 Å². The van der Waals surface area contributed by atoms with E-state index in [9.17, 15) is 4.79 Å². The van der Waals surface area contributed by atoms with Crippen molar-refractivity contribution in [2.24, 2.45) is 0 Å². The van der Waals surface area contributed by atoms with E-state index in [0.29, 0.717) is 19.6 Å². The summed E-state index contributed by atoms with van der Waals surface area (Å²) in [6, 6.07) is 5.91. The summed E-state index contributed by atoms with van der Waals surface area (Å²) in [4.78, 5) is 12.3. The zero-order valence-corrected chi connectivity index (χ0v) is 14.1. The molecule has 4 rings (SSSR count). The first kappa shape index (κ1) is 15.1. The van der Waals surface area contributed by atoms with Crippen LogP contribution in [0.1, 0.15) is 44.2 Å². The van der Waals surface area contributed by atoms with Gasteiger partial charge in [0.25, 0.3) is 0 Å². The summed E-state index contributed by atoms with van der Waals surface area (Å²) in [5.74, 6) is 2.28. The maximum absolute atomic E-state index is 12.3. The standard InChI is InChI=1S/C18H21N3O3/c1-18(2,3)21-17-13(10-19-21)12(9-16(22)20-17)11-4-5-14-15(8-11)24-7-6-23-14/h4-5,8,10,12H,6-7,9H2,1-3H3,(H,20,22)/t12-/m0/s1. The summed E-state index contributed by atoms with van der Waals surface area (Å²) in [5, 5.41) is 7.50. The van der Waals surface area contributed by atoms with Crippen LogP contribution in [-0.2, 0) is 10.3 Å². The van der Waals surface area contributed by atoms with E-state index in [1.54, 1.807) is 0 Å². The third-order valence-corrected chi connectivity index (χ3v) is 4.42. The maximum Gasteiger partial charge on any atom is 0.226 e. The molecule has 0 aliphatic carbocycles. The van der Waals surface area contributed by atoms with Gasteiger partial charge in [0, 0.05) is 17.9 Å². The van der Waals surface area contributed by atoms with Crippen LogP contribution in [0, 0.1) is 0 Å². The van der Waals surface area contributed by atoms with Crippen LogP contribution < -0.4 is 14.8 Å². The number of nitrogens with zero attached hydrogens (tertiary/aromatic N) is 2. The molecule has 0 saturated carbocycles. The fraction of sp³-hybridized carbons (Fsp3) is 0.444. The number of hydrogen-bond acceptors (Lipinski definition) is 4. The van der Waals surface area contributed by atoms with E-state index >= 15 is 0 Å². The smallest absolute Gasteiger partial charge is 0.226 e. The Morgan fingerprint density at radius 1 is 1.21 bits per heavy atom. The van der Waals surface area contributed by atoms with Crippen LogP contribution in [0.15, 0.2) is 24.4 Å². The lowest BCUT2D eigenvalue weighted by Gasteiger charge is -2.28. The molecule has 0 bridgehead atoms. The Bertz CT molecular complexity index is 804. The summed E-state index contributed by atoms with van der Waals surface area (Å²) < 4.78 is 13.1. The van der Waals surface area contributed by atoms with Crippen LogP contribution in [0.3, 0.4) is 0 Å². The number of hydrogen-bond donors (Lipinski definition) is 1. The molecule has 1 aromatic heterocycles. The van der Waals surface area contributed by atoms with Crippen LogP contribution in [0.4, 0.5) is 5.82 Å². The molecule has 0 unspecified atom stereocenters. The topological polar surface area (TPSA) is 65.4 Å². The van der Waals surface area contributed by atoms with Crippen molar-refractivity contribution in [3.63, 3.8) is 0 Å². The van der Waals surface area contributed by atoms with Gasteiger partial charge in [-0.1, -0.05) is 6.07 Å². The summed E-state index contributed by atoms with van der Waals surface area (Å²) in [5.41, 5.74) is 1.89. The van der Waals surface area contributed by atoms with Gasteiger partial charge in [0.15, 0.2) is 11.5 Å². The highest BCUT2D eigenvalue weighted by molar-refractivity contribution is 5.94. The number of anilines is 1. The van der Waals surface area contributed by atoms with E-state index in [4.69, 9.17) is 9.47 Å². The van der Waals surface area contributed by atoms with E-state index in [1.807, 2.05) is 29.1 Å². The molecule has 6 heteroatoms. The first-order valence-electron chi connectivity index (χ1n) is 8.21. The Morgan fingerprint density at radius 2 is 1.96 bits per heavy atom. The second-order valence-electron chi connectivity index (χ2n) is 7.24. The van der Waals surface area contributed by atoms with Crippen molar-refractivity contribution < 1.29 is 14.3 Å². The minimum absolute atomic E-state index is 0.00777. The van der Waals surface area contributed by atoms with Gasteiger partial charge in [-0.2, -0.15) is 5.10 Å². The molecule has 1 aromatic carbocycles. The van der Waals surface area contributed by atoms with Gasteiger partial charge >= 0.3 is 0 Å². The monoisotopic (exact) mass is 327 g/mol. The number of fused-ring (bicyclic) bond motifs is 2. The molecule has 2 aromatic rings. The number of carbonyl (C=O) groups is 1. The van der Waals surface area contributed by atoms with Crippen molar-refractivity contribution in [2.45, 2.75) is 38.6 Å². The average Bonchev–Trinajstić information content (AvgIpc) is 2.97. The highest BCUT2D eigenvalue weighted by Gasteiger charge is 2.33. The number of carbonyl (C=O) groups excluding carboxylic acids is 1. The van der Waals surface area contributed by atoms with E-state index in [-0.39, 0.29) is 17.4 Å². The Labute approximate surface area is 140 Å². The van der Waals surface area contributed by atoms with Gasteiger partial charge in [-0.25, -0.2) is 4.68 Å². The number of benzene rings is 1. The van der Waals surface area contributed by atoms with Gasteiger partial charge in [0.05, 0.1) is 11.7 Å². The fourth-order valence-electron chi connectivity index (χ4n) is 3.30. The zero-order valence-electron chi connectivity index (χ0n) is 14.1. The number of ether oxygens (including phenoxy) is 2. The molecule has 1 atom stereocenters. The lowest BCUT2D eigenvalue weighted by Crippen LogP contribution is -2.30. The minimum atomic E-state index is -0.199. The number of aromatic nitrogens is 2. The van der Waals surface area contributed by atoms with Crippen molar-refractivity contribution in [3.05, 3.63) is 35.5 Å². The van der Waals surface area contributed by atoms with E-state index in [2.05, 4.69) is 31.2 Å². The largest absolute Gasteiger partial charge is 0.486 e. The van der Waals surface area contributed by atoms with Crippen molar-refractivity contribution in [2.75, 3.05) is 18.5 Å². The normalized spacial score (nSPS) is 19.6. The lowest BCUT2D eigenvalue weighted by atomic mass is 9.87. The Balaban J connectivity index is 1.78. The molecule has 2 aliphatic rings. The molecule has 6 nitrogen and oxygen atoms in total. The molecule has 0 fully saturated rings. The summed E-state index contributed by atoms with van der Waals surface area (Å²) in [7, 11) is 0. The quantitative estimate of drug-likeness (QED) is 0.875. The molecule has 0 saturated heterocycles. The van der Waals surface area contributed by atoms with Crippen LogP contribution in [0.5, 0.6) is 11.5 Å². The Morgan fingerprint density at radius 3 is 2.71 bits per heavy atom. The molecule has 0 spiro atoms. The van der Waals surface area contributed by atoms with Crippen molar-refractivity contribution in [3.8, 4) is 11.5 Å². The fourth-order valence-corrected chi connectivity index (χ4v) is 3.30. The first-order chi connectivity index (χ1) is 11.4. The Kier molecular flexibility index (Phi) is 3.30. The molecule has 2 aliphatic heterocycles. The Hall–Kier alpha value is -2.50. The number of rotatable bonds is 1. The first-order valence-corrected chi connectivity index (χ1v) is 8.21. The second-order valence-corrected chi connectivity index (χ2v) is 7.24. The van der Waals surface area contributed by atoms with Crippen molar-refractivity contribution in [1.29, 1.82) is 0 Å². The molecule has 126 valence electrons. The third-order valence-electron chi connectivity index (χ3n) is 4.42. The maximum atomic E-state index is 12.3. The van der Waals surface area contributed by atoms with Gasteiger partial charge < -0.3 is 14.8 Å². The predicted octanol–water partition coefficient (Wildman–Crippen LogP) is 2.88. The van der Waals surface area contributed by atoms with Crippen molar-refractivity contribution >= 4 is 11.7 Å². The van der Waals surface area contributed by atoms with Crippen LogP contribution >= 0.6 is 0 Å². The van der Waals surface area contributed by atoms with E-state index < -0.39 is 0 Å².